The number of fused-ring (bicyclic) bond motifs is 1. The molecule has 1 N–H and O–H groups in total. The maximum atomic E-state index is 11.9. The van der Waals surface area contributed by atoms with Gasteiger partial charge in [-0.3, -0.25) is 10.1 Å². The van der Waals surface area contributed by atoms with Gasteiger partial charge in [-0.15, -0.1) is 11.3 Å². The number of anilines is 1. The van der Waals surface area contributed by atoms with Gasteiger partial charge in [-0.2, -0.15) is 0 Å². The summed E-state index contributed by atoms with van der Waals surface area (Å²) in [6.07, 6.45) is 8.96. The fourth-order valence-electron chi connectivity index (χ4n) is 2.43. The van der Waals surface area contributed by atoms with E-state index in [2.05, 4.69) is 10.3 Å². The Hall–Kier alpha value is -1.88. The Morgan fingerprint density at radius 3 is 3.00 bits per heavy atom. The van der Waals surface area contributed by atoms with Crippen LogP contribution in [0.5, 0.6) is 0 Å². The van der Waals surface area contributed by atoms with Gasteiger partial charge in [-0.25, -0.2) is 4.98 Å². The Morgan fingerprint density at radius 1 is 1.33 bits per heavy atom. The number of aryl methyl sites for hydroxylation is 3. The minimum absolute atomic E-state index is 0.173. The van der Waals surface area contributed by atoms with Gasteiger partial charge in [-0.1, -0.05) is 6.42 Å². The second-order valence-electron chi connectivity index (χ2n) is 5.22. The van der Waals surface area contributed by atoms with Gasteiger partial charge in [0.1, 0.15) is 11.5 Å². The summed E-state index contributed by atoms with van der Waals surface area (Å²) in [6, 6.07) is 3.71. The van der Waals surface area contributed by atoms with E-state index in [4.69, 9.17) is 4.42 Å². The van der Waals surface area contributed by atoms with Crippen LogP contribution >= 0.6 is 11.3 Å². The third-order valence-electron chi connectivity index (χ3n) is 3.49. The second kappa shape index (κ2) is 6.26. The summed E-state index contributed by atoms with van der Waals surface area (Å²) >= 11 is 1.60. The van der Waals surface area contributed by atoms with Crippen LogP contribution in [0.2, 0.25) is 0 Å². The number of carbonyl (C=O) groups excluding carboxylic acids is 1. The summed E-state index contributed by atoms with van der Waals surface area (Å²) in [5.41, 5.74) is 1.17. The number of hydrogen-bond donors (Lipinski definition) is 1. The van der Waals surface area contributed by atoms with Gasteiger partial charge >= 0.3 is 0 Å². The van der Waals surface area contributed by atoms with Gasteiger partial charge in [-0.05, 0) is 50.8 Å². The first-order chi connectivity index (χ1) is 10.2. The summed E-state index contributed by atoms with van der Waals surface area (Å²) in [5, 5.41) is 3.54. The van der Waals surface area contributed by atoms with Crippen molar-refractivity contribution in [1.29, 1.82) is 0 Å². The Kier molecular flexibility index (Phi) is 4.20. The zero-order chi connectivity index (χ0) is 14.7. The normalized spacial score (nSPS) is 14.9. The molecular formula is C16H18N2O2S. The van der Waals surface area contributed by atoms with Crippen LogP contribution in [0.15, 0.2) is 22.6 Å². The van der Waals surface area contributed by atoms with E-state index >= 15 is 0 Å². The molecule has 0 aromatic carbocycles. The molecule has 2 aromatic heterocycles. The maximum Gasteiger partial charge on any atom is 0.250 e. The van der Waals surface area contributed by atoms with E-state index in [1.165, 1.54) is 35.9 Å². The summed E-state index contributed by atoms with van der Waals surface area (Å²) in [5.74, 6) is 1.34. The van der Waals surface area contributed by atoms with E-state index < -0.39 is 0 Å². The number of amides is 1. The molecule has 1 amide bonds. The molecule has 0 saturated carbocycles. The van der Waals surface area contributed by atoms with Crippen LogP contribution in [0.1, 0.15) is 41.4 Å². The van der Waals surface area contributed by atoms with Crippen LogP contribution in [0.4, 0.5) is 5.13 Å². The molecule has 1 aliphatic carbocycles. The first-order valence-electron chi connectivity index (χ1n) is 7.25. The van der Waals surface area contributed by atoms with Gasteiger partial charge in [0.05, 0.1) is 5.69 Å². The van der Waals surface area contributed by atoms with Crippen LogP contribution < -0.4 is 5.32 Å². The van der Waals surface area contributed by atoms with Gasteiger partial charge in [0.25, 0.3) is 0 Å². The number of nitrogens with one attached hydrogen (secondary N) is 1. The molecule has 0 fully saturated rings. The monoisotopic (exact) mass is 302 g/mol. The molecule has 0 bridgehead atoms. The van der Waals surface area contributed by atoms with E-state index in [0.29, 0.717) is 10.9 Å². The molecule has 0 atom stereocenters. The van der Waals surface area contributed by atoms with Crippen LogP contribution in [-0.4, -0.2) is 10.9 Å². The smallest absolute Gasteiger partial charge is 0.250 e. The molecule has 0 radical (unpaired) electrons. The molecule has 2 heterocycles. The second-order valence-corrected chi connectivity index (χ2v) is 6.30. The number of hydrogen-bond acceptors (Lipinski definition) is 4. The minimum atomic E-state index is -0.173. The van der Waals surface area contributed by atoms with Crippen LogP contribution in [0, 0.1) is 6.92 Å². The fraction of sp³-hybridized carbons (Fsp3) is 0.375. The summed E-state index contributed by atoms with van der Waals surface area (Å²) < 4.78 is 5.38. The van der Waals surface area contributed by atoms with Crippen LogP contribution in [-0.2, 0) is 17.6 Å². The molecule has 3 rings (SSSR count). The molecule has 0 saturated heterocycles. The van der Waals surface area contributed by atoms with Gasteiger partial charge in [0, 0.05) is 11.0 Å². The number of nitrogens with zero attached hydrogens (tertiary/aromatic N) is 1. The minimum Gasteiger partial charge on any atom is -0.462 e. The SMILES string of the molecule is Cc1ccc(/C=C/C(=O)Nc2nc3c(s2)CCCCC3)o1. The lowest BCUT2D eigenvalue weighted by atomic mass is 10.2. The van der Waals surface area contributed by atoms with E-state index in [0.717, 1.165) is 18.6 Å². The van der Waals surface area contributed by atoms with Gasteiger partial charge in [0.2, 0.25) is 5.91 Å². The van der Waals surface area contributed by atoms with Crippen molar-refractivity contribution < 1.29 is 9.21 Å². The predicted octanol–water partition coefficient (Wildman–Crippen LogP) is 3.97. The first kappa shape index (κ1) is 14.1. The molecular weight excluding hydrogens is 284 g/mol. The van der Waals surface area contributed by atoms with E-state index in [-0.39, 0.29) is 5.91 Å². The molecule has 4 nitrogen and oxygen atoms in total. The van der Waals surface area contributed by atoms with Crippen LogP contribution in [0.25, 0.3) is 6.08 Å². The molecule has 0 unspecified atom stereocenters. The summed E-state index contributed by atoms with van der Waals surface area (Å²) in [6.45, 7) is 1.88. The molecule has 5 heteroatoms. The van der Waals surface area contributed by atoms with Gasteiger partial charge in [0.15, 0.2) is 5.13 Å². The zero-order valence-corrected chi connectivity index (χ0v) is 12.8. The maximum absolute atomic E-state index is 11.9. The zero-order valence-electron chi connectivity index (χ0n) is 12.0. The molecule has 0 spiro atoms. The lowest BCUT2D eigenvalue weighted by Crippen LogP contribution is -2.07. The number of carbonyl (C=O) groups is 1. The number of aromatic nitrogens is 1. The molecule has 21 heavy (non-hydrogen) atoms. The summed E-state index contributed by atoms with van der Waals surface area (Å²) in [4.78, 5) is 17.8. The van der Waals surface area contributed by atoms with E-state index in [1.807, 2.05) is 19.1 Å². The van der Waals surface area contributed by atoms with Crippen molar-refractivity contribution in [3.05, 3.63) is 40.3 Å². The fourth-order valence-corrected chi connectivity index (χ4v) is 3.48. The van der Waals surface area contributed by atoms with Crippen LogP contribution in [0.3, 0.4) is 0 Å². The quantitative estimate of drug-likeness (QED) is 0.689. The van der Waals surface area contributed by atoms with Crippen molar-refractivity contribution in [3.63, 3.8) is 0 Å². The van der Waals surface area contributed by atoms with E-state index in [9.17, 15) is 4.79 Å². The van der Waals surface area contributed by atoms with Crippen molar-refractivity contribution in [1.82, 2.24) is 4.98 Å². The van der Waals surface area contributed by atoms with Crippen molar-refractivity contribution in [3.8, 4) is 0 Å². The van der Waals surface area contributed by atoms with Gasteiger partial charge < -0.3 is 4.42 Å². The predicted molar refractivity (Wildman–Crippen MR) is 84.5 cm³/mol. The Bertz CT molecular complexity index is 646. The lowest BCUT2D eigenvalue weighted by Gasteiger charge is -1.96. The highest BCUT2D eigenvalue weighted by Crippen LogP contribution is 2.28. The number of thiazole rings is 1. The van der Waals surface area contributed by atoms with E-state index in [1.54, 1.807) is 17.4 Å². The Labute approximate surface area is 127 Å². The average Bonchev–Trinajstić information content (AvgIpc) is 2.97. The Morgan fingerprint density at radius 2 is 2.19 bits per heavy atom. The molecule has 0 aliphatic heterocycles. The van der Waals surface area contributed by atoms with Crippen molar-refractivity contribution in [2.24, 2.45) is 0 Å². The third-order valence-corrected chi connectivity index (χ3v) is 4.56. The third kappa shape index (κ3) is 3.61. The number of rotatable bonds is 3. The largest absolute Gasteiger partial charge is 0.462 e. The Balaban J connectivity index is 1.63. The lowest BCUT2D eigenvalue weighted by molar-refractivity contribution is -0.111. The topological polar surface area (TPSA) is 55.1 Å². The van der Waals surface area contributed by atoms with Crippen molar-refractivity contribution in [2.45, 2.75) is 39.0 Å². The van der Waals surface area contributed by atoms with Crippen molar-refractivity contribution >= 4 is 28.5 Å². The standard InChI is InChI=1S/C16H18N2O2S/c1-11-7-8-12(20-11)9-10-15(19)18-16-17-13-5-3-2-4-6-14(13)21-16/h7-10H,2-6H2,1H3,(H,17,18,19)/b10-9+. The average molecular weight is 302 g/mol. The first-order valence-corrected chi connectivity index (χ1v) is 8.06. The molecule has 1 aliphatic rings. The molecule has 110 valence electrons. The highest BCUT2D eigenvalue weighted by atomic mass is 32.1. The molecule has 2 aromatic rings. The number of furan rings is 1. The highest BCUT2D eigenvalue weighted by molar-refractivity contribution is 7.15. The highest BCUT2D eigenvalue weighted by Gasteiger charge is 2.14. The van der Waals surface area contributed by atoms with Crippen molar-refractivity contribution in [2.75, 3.05) is 5.32 Å². The summed E-state index contributed by atoms with van der Waals surface area (Å²) in [7, 11) is 0.